The molecule has 0 aliphatic carbocycles. The van der Waals surface area contributed by atoms with Crippen molar-refractivity contribution in [2.45, 2.75) is 0 Å². The van der Waals surface area contributed by atoms with Gasteiger partial charge in [-0.25, -0.2) is 4.79 Å². The molecule has 0 saturated carbocycles. The van der Waals surface area contributed by atoms with Gasteiger partial charge < -0.3 is 9.15 Å². The van der Waals surface area contributed by atoms with E-state index in [0.29, 0.717) is 15.8 Å². The number of anilines is 1. The number of nitriles is 1. The lowest BCUT2D eigenvalue weighted by Crippen LogP contribution is -2.21. The number of pyridine rings is 1. The summed E-state index contributed by atoms with van der Waals surface area (Å²) in [6.45, 7) is -0.557. The molecule has 33 heavy (non-hydrogen) atoms. The molecule has 2 aromatic carbocycles. The van der Waals surface area contributed by atoms with Crippen LogP contribution in [0.3, 0.4) is 0 Å². The van der Waals surface area contributed by atoms with E-state index in [2.05, 4.69) is 32.3 Å². The van der Waals surface area contributed by atoms with Gasteiger partial charge in [-0.2, -0.15) is 5.26 Å². The van der Waals surface area contributed by atoms with E-state index < -0.39 is 18.5 Å². The summed E-state index contributed by atoms with van der Waals surface area (Å²) in [5.74, 6) is -0.907. The lowest BCUT2D eigenvalue weighted by Gasteiger charge is -2.05. The van der Waals surface area contributed by atoms with Crippen molar-refractivity contribution < 1.29 is 18.7 Å². The Morgan fingerprint density at radius 1 is 1.03 bits per heavy atom. The number of benzene rings is 2. The Bertz CT molecular complexity index is 1350. The number of carbonyl (C=O) groups excluding carboxylic acids is 2. The van der Waals surface area contributed by atoms with Crippen LogP contribution in [0.2, 0.25) is 0 Å². The number of carbonyl (C=O) groups is 2. The third-order valence-electron chi connectivity index (χ3n) is 4.65. The number of rotatable bonds is 6. The van der Waals surface area contributed by atoms with Gasteiger partial charge in [-0.15, -0.1) is 0 Å². The molecule has 0 aliphatic rings. The van der Waals surface area contributed by atoms with E-state index in [1.807, 2.05) is 60.7 Å². The second-order valence-electron chi connectivity index (χ2n) is 6.87. The molecule has 1 amide bonds. The van der Waals surface area contributed by atoms with Crippen molar-refractivity contribution >= 4 is 33.7 Å². The van der Waals surface area contributed by atoms with Crippen molar-refractivity contribution in [3.8, 4) is 28.5 Å². The Labute approximate surface area is 197 Å². The van der Waals surface area contributed by atoms with Crippen LogP contribution in [0.25, 0.3) is 22.5 Å². The van der Waals surface area contributed by atoms with Gasteiger partial charge in [-0.3, -0.25) is 15.1 Å². The SMILES string of the molecule is N#Cc1c(NC(=O)COC(=O)c2cncc(Br)c2)oc(-c2ccccc2)c1-c1ccccc1. The zero-order valence-corrected chi connectivity index (χ0v) is 18.7. The maximum absolute atomic E-state index is 12.5. The first kappa shape index (κ1) is 22.0. The first-order chi connectivity index (χ1) is 16.1. The van der Waals surface area contributed by atoms with Crippen LogP contribution in [0, 0.1) is 11.3 Å². The highest BCUT2D eigenvalue weighted by Crippen LogP contribution is 2.41. The standard InChI is InChI=1S/C25H16BrN3O4/c26-19-11-18(13-28-14-19)25(31)32-15-21(30)29-24-20(12-27)22(16-7-3-1-4-8-16)23(33-24)17-9-5-2-6-10-17/h1-11,13-14H,15H2,(H,29,30). The molecule has 0 atom stereocenters. The van der Waals surface area contributed by atoms with Crippen LogP contribution in [0.5, 0.6) is 0 Å². The predicted octanol–water partition coefficient (Wildman–Crippen LogP) is 5.44. The highest BCUT2D eigenvalue weighted by molar-refractivity contribution is 9.10. The average molecular weight is 502 g/mol. The lowest BCUT2D eigenvalue weighted by atomic mass is 9.98. The number of aromatic nitrogens is 1. The van der Waals surface area contributed by atoms with Crippen LogP contribution in [-0.4, -0.2) is 23.5 Å². The second kappa shape index (κ2) is 9.94. The normalized spacial score (nSPS) is 10.3. The van der Waals surface area contributed by atoms with E-state index in [-0.39, 0.29) is 17.0 Å². The molecule has 4 rings (SSSR count). The van der Waals surface area contributed by atoms with Crippen molar-refractivity contribution in [3.05, 3.63) is 94.7 Å². The minimum absolute atomic E-state index is 0.0135. The molecule has 2 heterocycles. The smallest absolute Gasteiger partial charge is 0.340 e. The van der Waals surface area contributed by atoms with E-state index in [9.17, 15) is 14.9 Å². The topological polar surface area (TPSA) is 105 Å². The quantitative estimate of drug-likeness (QED) is 0.352. The van der Waals surface area contributed by atoms with Crippen LogP contribution in [0.1, 0.15) is 15.9 Å². The zero-order valence-electron chi connectivity index (χ0n) is 17.1. The summed E-state index contributed by atoms with van der Waals surface area (Å²) in [6, 6.07) is 22.2. The molecule has 8 heteroatoms. The molecule has 162 valence electrons. The fraction of sp³-hybridized carbons (Fsp3) is 0.0400. The van der Waals surface area contributed by atoms with Crippen LogP contribution >= 0.6 is 15.9 Å². The van der Waals surface area contributed by atoms with Gasteiger partial charge in [-0.05, 0) is 27.6 Å². The molecule has 0 saturated heterocycles. The molecule has 0 fully saturated rings. The molecule has 0 spiro atoms. The summed E-state index contributed by atoms with van der Waals surface area (Å²) in [5, 5.41) is 12.4. The summed E-state index contributed by atoms with van der Waals surface area (Å²) in [4.78, 5) is 28.6. The third-order valence-corrected chi connectivity index (χ3v) is 5.08. The molecule has 0 radical (unpaired) electrons. The van der Waals surface area contributed by atoms with Crippen molar-refractivity contribution in [3.63, 3.8) is 0 Å². The minimum atomic E-state index is -0.700. The molecule has 4 aromatic rings. The molecule has 0 aliphatic heterocycles. The first-order valence-electron chi connectivity index (χ1n) is 9.82. The maximum atomic E-state index is 12.5. The van der Waals surface area contributed by atoms with E-state index in [1.54, 1.807) is 0 Å². The van der Waals surface area contributed by atoms with Crippen molar-refractivity contribution in [1.29, 1.82) is 5.26 Å². The number of esters is 1. The third kappa shape index (κ3) is 5.00. The number of ether oxygens (including phenoxy) is 1. The fourth-order valence-corrected chi connectivity index (χ4v) is 3.56. The number of amides is 1. The Morgan fingerprint density at radius 3 is 2.33 bits per heavy atom. The molecular formula is C25H16BrN3O4. The summed E-state index contributed by atoms with van der Waals surface area (Å²) in [6.07, 6.45) is 2.86. The Kier molecular flexibility index (Phi) is 6.62. The van der Waals surface area contributed by atoms with E-state index >= 15 is 0 Å². The van der Waals surface area contributed by atoms with Gasteiger partial charge in [0, 0.05) is 28.0 Å². The van der Waals surface area contributed by atoms with Gasteiger partial charge in [0.1, 0.15) is 17.4 Å². The summed E-state index contributed by atoms with van der Waals surface area (Å²) in [5.41, 5.74) is 2.46. The number of halogens is 1. The van der Waals surface area contributed by atoms with Crippen LogP contribution in [-0.2, 0) is 9.53 Å². The zero-order chi connectivity index (χ0) is 23.2. The molecule has 0 unspecified atom stereocenters. The van der Waals surface area contributed by atoms with E-state index in [1.165, 1.54) is 18.5 Å². The Morgan fingerprint density at radius 2 is 1.70 bits per heavy atom. The van der Waals surface area contributed by atoms with E-state index in [4.69, 9.17) is 9.15 Å². The molecule has 0 bridgehead atoms. The van der Waals surface area contributed by atoms with Gasteiger partial charge in [0.25, 0.3) is 5.91 Å². The van der Waals surface area contributed by atoms with Gasteiger partial charge >= 0.3 is 5.97 Å². The summed E-state index contributed by atoms with van der Waals surface area (Å²) < 4.78 is 11.6. The van der Waals surface area contributed by atoms with Crippen LogP contribution in [0.15, 0.2) is 88.0 Å². The van der Waals surface area contributed by atoms with Crippen molar-refractivity contribution in [2.24, 2.45) is 0 Å². The van der Waals surface area contributed by atoms with Gasteiger partial charge in [0.15, 0.2) is 6.61 Å². The molecule has 7 nitrogen and oxygen atoms in total. The molecule has 1 N–H and O–H groups in total. The first-order valence-corrected chi connectivity index (χ1v) is 10.6. The highest BCUT2D eigenvalue weighted by Gasteiger charge is 2.24. The van der Waals surface area contributed by atoms with Crippen molar-refractivity contribution in [2.75, 3.05) is 11.9 Å². The van der Waals surface area contributed by atoms with Gasteiger partial charge in [0.2, 0.25) is 5.88 Å². The van der Waals surface area contributed by atoms with Crippen LogP contribution < -0.4 is 5.32 Å². The largest absolute Gasteiger partial charge is 0.452 e. The van der Waals surface area contributed by atoms with Gasteiger partial charge in [-0.1, -0.05) is 60.7 Å². The highest BCUT2D eigenvalue weighted by atomic mass is 79.9. The Hall–Kier alpha value is -4.22. The molecule has 2 aromatic heterocycles. The minimum Gasteiger partial charge on any atom is -0.452 e. The molecular weight excluding hydrogens is 486 g/mol. The number of nitrogens with zero attached hydrogens (tertiary/aromatic N) is 2. The fourth-order valence-electron chi connectivity index (χ4n) is 3.20. The lowest BCUT2D eigenvalue weighted by molar-refractivity contribution is -0.119. The number of furan rings is 1. The van der Waals surface area contributed by atoms with E-state index in [0.717, 1.165) is 11.1 Å². The van der Waals surface area contributed by atoms with Crippen LogP contribution in [0.4, 0.5) is 5.88 Å². The van der Waals surface area contributed by atoms with Crippen molar-refractivity contribution in [1.82, 2.24) is 4.98 Å². The number of hydrogen-bond acceptors (Lipinski definition) is 6. The Balaban J connectivity index is 1.60. The van der Waals surface area contributed by atoms with Gasteiger partial charge in [0.05, 0.1) is 5.56 Å². The summed E-state index contributed by atoms with van der Waals surface area (Å²) >= 11 is 3.23. The monoisotopic (exact) mass is 501 g/mol. The predicted molar refractivity (Wildman–Crippen MR) is 125 cm³/mol. The maximum Gasteiger partial charge on any atom is 0.340 e. The average Bonchev–Trinajstić information content (AvgIpc) is 3.21. The summed E-state index contributed by atoms with van der Waals surface area (Å²) in [7, 11) is 0. The number of hydrogen-bond donors (Lipinski definition) is 1. The second-order valence-corrected chi connectivity index (χ2v) is 7.79. The number of nitrogens with one attached hydrogen (secondary N) is 1.